The third kappa shape index (κ3) is 4.40. The van der Waals surface area contributed by atoms with E-state index < -0.39 is 5.97 Å². The van der Waals surface area contributed by atoms with Crippen LogP contribution in [-0.2, 0) is 11.2 Å². The van der Waals surface area contributed by atoms with Crippen molar-refractivity contribution in [1.82, 2.24) is 0 Å². The van der Waals surface area contributed by atoms with Gasteiger partial charge in [-0.15, -0.1) is 0 Å². The molecule has 1 aliphatic heterocycles. The van der Waals surface area contributed by atoms with E-state index in [1.54, 1.807) is 6.08 Å². The number of rotatable bonds is 6. The molecular weight excluding hydrogens is 424 g/mol. The molecule has 4 heteroatoms. The Labute approximate surface area is 199 Å². The fraction of sp³-hybridized carbons (Fsp3) is 0.167. The van der Waals surface area contributed by atoms with Crippen LogP contribution in [0.3, 0.4) is 0 Å². The van der Waals surface area contributed by atoms with Gasteiger partial charge in [0.2, 0.25) is 0 Å². The van der Waals surface area contributed by atoms with Gasteiger partial charge in [-0.3, -0.25) is 0 Å². The van der Waals surface area contributed by atoms with E-state index >= 15 is 0 Å². The van der Waals surface area contributed by atoms with Crippen LogP contribution in [0.5, 0.6) is 11.5 Å². The number of carboxylic acid groups (broad SMARTS) is 1. The minimum atomic E-state index is -0.953. The van der Waals surface area contributed by atoms with Gasteiger partial charge in [0.15, 0.2) is 11.5 Å². The number of benzene rings is 3. The summed E-state index contributed by atoms with van der Waals surface area (Å²) in [6.45, 7) is 3.31. The number of hydrogen-bond acceptors (Lipinski definition) is 3. The highest BCUT2D eigenvalue weighted by Crippen LogP contribution is 2.42. The molecule has 0 bridgehead atoms. The van der Waals surface area contributed by atoms with Crippen molar-refractivity contribution in [3.63, 3.8) is 0 Å². The van der Waals surface area contributed by atoms with Gasteiger partial charge in [0.05, 0.1) is 0 Å². The van der Waals surface area contributed by atoms with Gasteiger partial charge in [0.25, 0.3) is 0 Å². The van der Waals surface area contributed by atoms with Crippen molar-refractivity contribution in [1.29, 1.82) is 0 Å². The average Bonchev–Trinajstić information content (AvgIpc) is 3.30. The molecule has 34 heavy (non-hydrogen) atoms. The Morgan fingerprint density at radius 2 is 1.68 bits per heavy atom. The first-order chi connectivity index (χ1) is 16.6. The zero-order valence-corrected chi connectivity index (χ0v) is 19.1. The van der Waals surface area contributed by atoms with Crippen molar-refractivity contribution in [3.8, 4) is 11.5 Å². The zero-order valence-electron chi connectivity index (χ0n) is 19.1. The Balaban J connectivity index is 1.63. The highest BCUT2D eigenvalue weighted by molar-refractivity contribution is 6.02. The third-order valence-electron chi connectivity index (χ3n) is 6.25. The van der Waals surface area contributed by atoms with Crippen LogP contribution < -0.4 is 9.47 Å². The second kappa shape index (κ2) is 9.44. The third-order valence-corrected chi connectivity index (χ3v) is 6.25. The highest BCUT2D eigenvalue weighted by Gasteiger charge is 2.21. The van der Waals surface area contributed by atoms with Crippen molar-refractivity contribution in [2.45, 2.75) is 19.8 Å². The molecule has 0 spiro atoms. The molecule has 0 saturated carbocycles. The first-order valence-corrected chi connectivity index (χ1v) is 11.6. The van der Waals surface area contributed by atoms with Crippen LogP contribution in [0.2, 0.25) is 0 Å². The Hall–Kier alpha value is -4.05. The molecule has 1 N–H and O–H groups in total. The van der Waals surface area contributed by atoms with Gasteiger partial charge in [-0.05, 0) is 75.6 Å². The van der Waals surface area contributed by atoms with E-state index in [0.29, 0.717) is 13.2 Å². The standard InChI is InChI=1S/C30H26O4/c1-2-26(24-12-13-27-28(19-24)34-16-15-33-27)30(25-17-22-5-3-4-6-23(22)18-25)21-10-7-20(8-11-21)9-14-29(31)32/h3-14,17,19H,2,15-16,18H2,1H3,(H,31,32)/b14-9+,30-26+. The van der Waals surface area contributed by atoms with Crippen molar-refractivity contribution in [2.24, 2.45) is 0 Å². The van der Waals surface area contributed by atoms with E-state index in [1.165, 1.54) is 27.8 Å². The number of carbonyl (C=O) groups is 1. The monoisotopic (exact) mass is 450 g/mol. The molecule has 0 saturated heterocycles. The lowest BCUT2D eigenvalue weighted by molar-refractivity contribution is -0.131. The van der Waals surface area contributed by atoms with E-state index in [1.807, 2.05) is 18.2 Å². The zero-order chi connectivity index (χ0) is 23.5. The van der Waals surface area contributed by atoms with Crippen molar-refractivity contribution >= 4 is 29.3 Å². The van der Waals surface area contributed by atoms with Crippen molar-refractivity contribution < 1.29 is 19.4 Å². The van der Waals surface area contributed by atoms with Crippen LogP contribution in [0.1, 0.15) is 41.2 Å². The van der Waals surface area contributed by atoms with Crippen LogP contribution in [0.15, 0.2) is 78.4 Å². The largest absolute Gasteiger partial charge is 0.486 e. The molecule has 3 aromatic carbocycles. The first kappa shape index (κ1) is 21.8. The molecule has 2 aliphatic rings. The predicted molar refractivity (Wildman–Crippen MR) is 136 cm³/mol. The fourth-order valence-electron chi connectivity index (χ4n) is 4.68. The number of fused-ring (bicyclic) bond motifs is 2. The number of aliphatic carboxylic acids is 1. The van der Waals surface area contributed by atoms with Crippen LogP contribution in [-0.4, -0.2) is 24.3 Å². The lowest BCUT2D eigenvalue weighted by Crippen LogP contribution is -2.15. The lowest BCUT2D eigenvalue weighted by atomic mass is 9.86. The average molecular weight is 451 g/mol. The molecule has 1 heterocycles. The summed E-state index contributed by atoms with van der Waals surface area (Å²) in [6, 6.07) is 22.8. The maximum Gasteiger partial charge on any atom is 0.328 e. The molecule has 0 fully saturated rings. The summed E-state index contributed by atoms with van der Waals surface area (Å²) >= 11 is 0. The minimum Gasteiger partial charge on any atom is -0.486 e. The first-order valence-electron chi connectivity index (χ1n) is 11.6. The number of hydrogen-bond donors (Lipinski definition) is 1. The van der Waals surface area contributed by atoms with Gasteiger partial charge in [-0.1, -0.05) is 67.6 Å². The number of allylic oxidation sites excluding steroid dienone is 3. The van der Waals surface area contributed by atoms with Gasteiger partial charge in [0, 0.05) is 6.08 Å². The van der Waals surface area contributed by atoms with Crippen molar-refractivity contribution in [3.05, 3.63) is 106 Å². The van der Waals surface area contributed by atoms with Gasteiger partial charge >= 0.3 is 5.97 Å². The SMILES string of the molecule is CC/C(=C(\C1=Cc2ccccc2C1)c1ccc(/C=C/C(=O)O)cc1)c1ccc2c(c1)OCCO2. The van der Waals surface area contributed by atoms with Crippen LogP contribution in [0.25, 0.3) is 23.3 Å². The van der Waals surface area contributed by atoms with Gasteiger partial charge in [0.1, 0.15) is 13.2 Å². The predicted octanol–water partition coefficient (Wildman–Crippen LogP) is 6.52. The second-order valence-corrected chi connectivity index (χ2v) is 8.40. The minimum absolute atomic E-state index is 0.556. The smallest absolute Gasteiger partial charge is 0.328 e. The quantitative estimate of drug-likeness (QED) is 0.343. The van der Waals surface area contributed by atoms with Crippen molar-refractivity contribution in [2.75, 3.05) is 13.2 Å². The summed E-state index contributed by atoms with van der Waals surface area (Å²) in [5, 5.41) is 8.94. The molecule has 5 rings (SSSR count). The van der Waals surface area contributed by atoms with E-state index in [0.717, 1.165) is 47.1 Å². The molecule has 0 amide bonds. The number of ether oxygens (including phenoxy) is 2. The van der Waals surface area contributed by atoms with Crippen LogP contribution in [0, 0.1) is 0 Å². The Bertz CT molecular complexity index is 1330. The van der Waals surface area contributed by atoms with E-state index in [2.05, 4.69) is 61.5 Å². The summed E-state index contributed by atoms with van der Waals surface area (Å²) in [5.74, 6) is 0.617. The van der Waals surface area contributed by atoms with Crippen LogP contribution >= 0.6 is 0 Å². The Morgan fingerprint density at radius 3 is 2.41 bits per heavy atom. The lowest BCUT2D eigenvalue weighted by Gasteiger charge is -2.21. The topological polar surface area (TPSA) is 55.8 Å². The number of carboxylic acids is 1. The molecule has 170 valence electrons. The van der Waals surface area contributed by atoms with Gasteiger partial charge < -0.3 is 14.6 Å². The molecule has 4 nitrogen and oxygen atoms in total. The van der Waals surface area contributed by atoms with E-state index in [9.17, 15) is 4.79 Å². The molecular formula is C30H26O4. The second-order valence-electron chi connectivity index (χ2n) is 8.40. The van der Waals surface area contributed by atoms with E-state index in [-0.39, 0.29) is 0 Å². The summed E-state index contributed by atoms with van der Waals surface area (Å²) in [5.41, 5.74) is 9.40. The Kier molecular flexibility index (Phi) is 6.05. The summed E-state index contributed by atoms with van der Waals surface area (Å²) in [7, 11) is 0. The molecule has 3 aromatic rings. The molecule has 1 aliphatic carbocycles. The van der Waals surface area contributed by atoms with Gasteiger partial charge in [-0.25, -0.2) is 4.79 Å². The maximum atomic E-state index is 10.9. The summed E-state index contributed by atoms with van der Waals surface area (Å²) < 4.78 is 11.6. The van der Waals surface area contributed by atoms with Crippen LogP contribution in [0.4, 0.5) is 0 Å². The fourth-order valence-corrected chi connectivity index (χ4v) is 4.68. The summed E-state index contributed by atoms with van der Waals surface area (Å²) in [4.78, 5) is 10.9. The molecule has 0 unspecified atom stereocenters. The highest BCUT2D eigenvalue weighted by atomic mass is 16.6. The Morgan fingerprint density at radius 1 is 0.941 bits per heavy atom. The molecule has 0 aromatic heterocycles. The maximum absolute atomic E-state index is 10.9. The van der Waals surface area contributed by atoms with E-state index in [4.69, 9.17) is 14.6 Å². The molecule has 0 atom stereocenters. The molecule has 0 radical (unpaired) electrons. The van der Waals surface area contributed by atoms with Gasteiger partial charge in [-0.2, -0.15) is 0 Å². The summed E-state index contributed by atoms with van der Waals surface area (Å²) in [6.07, 6.45) is 6.79. The normalized spacial score (nSPS) is 15.0.